The molecule has 0 saturated carbocycles. The second kappa shape index (κ2) is 33.0. The van der Waals surface area contributed by atoms with Gasteiger partial charge in [0.15, 0.2) is 0 Å². The number of anilines is 4. The van der Waals surface area contributed by atoms with E-state index < -0.39 is 5.97 Å². The Balaban J connectivity index is 1.31. The first-order valence-electron chi connectivity index (χ1n) is 34.0. The zero-order valence-electron chi connectivity index (χ0n) is 51.4. The molecule has 0 saturated heterocycles. The number of fused-ring (bicyclic) bond motifs is 4. The van der Waals surface area contributed by atoms with Crippen LogP contribution in [-0.4, -0.2) is 37.3 Å². The molecule has 440 valence electrons. The summed E-state index contributed by atoms with van der Waals surface area (Å²) in [5.74, 6) is 2.75. The fourth-order valence-corrected chi connectivity index (χ4v) is 16.4. The van der Waals surface area contributed by atoms with Gasteiger partial charge >= 0.3 is 5.97 Å². The lowest BCUT2D eigenvalue weighted by molar-refractivity contribution is -0.137. The number of benzene rings is 4. The lowest BCUT2D eigenvalue weighted by Gasteiger charge is -2.53. The molecule has 0 spiro atoms. The number of hydrogen-bond acceptors (Lipinski definition) is 5. The van der Waals surface area contributed by atoms with E-state index in [0.717, 1.165) is 84.0 Å². The molecule has 5 N–H and O–H groups in total. The van der Waals surface area contributed by atoms with Gasteiger partial charge in [0.1, 0.15) is 0 Å². The van der Waals surface area contributed by atoms with Crippen LogP contribution < -0.4 is 21.3 Å². The molecule has 8 atom stereocenters. The summed E-state index contributed by atoms with van der Waals surface area (Å²) >= 11 is 0. The fraction of sp³-hybridized carbons (Fsp3) is 0.662. The molecule has 6 heteroatoms. The van der Waals surface area contributed by atoms with Gasteiger partial charge in [0, 0.05) is 55.3 Å². The van der Waals surface area contributed by atoms with E-state index in [1.165, 1.54) is 170 Å². The molecule has 4 unspecified atom stereocenters. The lowest BCUT2D eigenvalue weighted by Crippen LogP contribution is -2.44. The van der Waals surface area contributed by atoms with Crippen molar-refractivity contribution in [3.05, 3.63) is 117 Å². The van der Waals surface area contributed by atoms with E-state index >= 15 is 0 Å². The summed E-state index contributed by atoms with van der Waals surface area (Å²) in [4.78, 5) is 12.8. The maximum atomic E-state index is 12.8. The first kappa shape index (κ1) is 61.6. The second-order valence-electron chi connectivity index (χ2n) is 25.8. The van der Waals surface area contributed by atoms with Crippen LogP contribution in [0.4, 0.5) is 22.7 Å². The van der Waals surface area contributed by atoms with Gasteiger partial charge in [-0.25, -0.2) is 0 Å². The van der Waals surface area contributed by atoms with Crippen LogP contribution in [0.15, 0.2) is 72.8 Å². The molecule has 6 nitrogen and oxygen atoms in total. The third kappa shape index (κ3) is 16.9. The minimum absolute atomic E-state index is 0.244. The number of carboxylic acids is 1. The van der Waals surface area contributed by atoms with Gasteiger partial charge in [-0.2, -0.15) is 0 Å². The Labute approximate surface area is 488 Å². The van der Waals surface area contributed by atoms with Crippen LogP contribution in [0.3, 0.4) is 0 Å². The number of hydrogen-bond donors (Lipinski definition) is 5. The highest BCUT2D eigenvalue weighted by molar-refractivity contribution is 5.66. The SMILES string of the molecule is CCCCCCCCCCCCCCC(C(C(C(CCCC(=O)O)[C@@H]1CCCc2cc(NCCC)ccc21)[C@@H]1CCCc2cc(NCCC)ccc21)[C@@H]1CCCc2cc(NCCC)ccc21)[C@@H]1CCCc2cc(NCCC)ccc21. The van der Waals surface area contributed by atoms with Crippen LogP contribution in [0.25, 0.3) is 0 Å². The fourth-order valence-electron chi connectivity index (χ4n) is 16.4. The van der Waals surface area contributed by atoms with E-state index in [-0.39, 0.29) is 6.42 Å². The van der Waals surface area contributed by atoms with Gasteiger partial charge < -0.3 is 26.4 Å². The number of aliphatic carboxylic acids is 1. The van der Waals surface area contributed by atoms with Crippen LogP contribution in [0, 0.1) is 23.7 Å². The largest absolute Gasteiger partial charge is 0.481 e. The zero-order valence-corrected chi connectivity index (χ0v) is 51.4. The van der Waals surface area contributed by atoms with Crippen LogP contribution in [0.5, 0.6) is 0 Å². The average molecular weight is 1090 g/mol. The topological polar surface area (TPSA) is 85.4 Å². The van der Waals surface area contributed by atoms with Gasteiger partial charge in [-0.05, 0) is 262 Å². The number of rotatable bonds is 36. The maximum absolute atomic E-state index is 12.8. The molecule has 4 aromatic carbocycles. The number of aryl methyl sites for hydroxylation is 4. The van der Waals surface area contributed by atoms with Crippen LogP contribution in [0.2, 0.25) is 0 Å². The molecule has 0 bridgehead atoms. The van der Waals surface area contributed by atoms with Crippen molar-refractivity contribution in [1.29, 1.82) is 0 Å². The Hall–Kier alpha value is -4.45. The number of nitrogens with one attached hydrogen (secondary N) is 4. The average Bonchev–Trinajstić information content (AvgIpc) is 3.48. The number of unbranched alkanes of at least 4 members (excludes halogenated alkanes) is 11. The van der Waals surface area contributed by atoms with Crippen LogP contribution in [-0.2, 0) is 30.5 Å². The second-order valence-corrected chi connectivity index (χ2v) is 25.8. The Bertz CT molecular complexity index is 2460. The zero-order chi connectivity index (χ0) is 55.9. The smallest absolute Gasteiger partial charge is 0.303 e. The van der Waals surface area contributed by atoms with Gasteiger partial charge in [-0.1, -0.05) is 136 Å². The minimum Gasteiger partial charge on any atom is -0.481 e. The molecule has 4 aliphatic rings. The highest BCUT2D eigenvalue weighted by Crippen LogP contribution is 2.61. The van der Waals surface area contributed by atoms with E-state index in [9.17, 15) is 9.90 Å². The van der Waals surface area contributed by atoms with Gasteiger partial charge in [0.2, 0.25) is 0 Å². The van der Waals surface area contributed by atoms with Crippen molar-refractivity contribution in [2.24, 2.45) is 23.7 Å². The van der Waals surface area contributed by atoms with Crippen molar-refractivity contribution >= 4 is 28.7 Å². The van der Waals surface area contributed by atoms with E-state index in [2.05, 4.69) is 129 Å². The summed E-state index contributed by atoms with van der Waals surface area (Å²) in [6, 6.07) is 30.3. The molecule has 80 heavy (non-hydrogen) atoms. The van der Waals surface area contributed by atoms with Crippen molar-refractivity contribution in [3.8, 4) is 0 Å². The molecule has 0 aliphatic heterocycles. The quantitative estimate of drug-likeness (QED) is 0.0292. The summed E-state index contributed by atoms with van der Waals surface area (Å²) < 4.78 is 0. The molecule has 0 radical (unpaired) electrons. The van der Waals surface area contributed by atoms with Gasteiger partial charge in [-0.15, -0.1) is 0 Å². The Morgan fingerprint density at radius 1 is 0.400 bits per heavy atom. The van der Waals surface area contributed by atoms with Crippen molar-refractivity contribution in [2.45, 2.75) is 264 Å². The maximum Gasteiger partial charge on any atom is 0.303 e. The third-order valence-corrected chi connectivity index (χ3v) is 20.0. The molecular formula is C74H112N4O2. The first-order chi connectivity index (χ1) is 39.3. The Kier molecular flexibility index (Phi) is 25.4. The Morgan fingerprint density at radius 3 is 1.02 bits per heavy atom. The van der Waals surface area contributed by atoms with Gasteiger partial charge in [0.25, 0.3) is 0 Å². The van der Waals surface area contributed by atoms with E-state index in [1.807, 2.05) is 0 Å². The normalized spacial score (nSPS) is 20.1. The molecule has 0 aromatic heterocycles. The Morgan fingerprint density at radius 2 is 0.700 bits per heavy atom. The summed E-state index contributed by atoms with van der Waals surface area (Å²) in [6.45, 7) is 15.4. The molecular weight excluding hydrogens is 977 g/mol. The summed E-state index contributed by atoms with van der Waals surface area (Å²) in [5.41, 5.74) is 17.9. The molecule has 0 heterocycles. The lowest BCUT2D eigenvalue weighted by atomic mass is 9.51. The monoisotopic (exact) mass is 1090 g/mol. The molecule has 4 aliphatic carbocycles. The van der Waals surface area contributed by atoms with Crippen LogP contribution >= 0.6 is 0 Å². The third-order valence-electron chi connectivity index (χ3n) is 20.0. The molecule has 4 aromatic rings. The number of carbonyl (C=O) groups is 1. The van der Waals surface area contributed by atoms with Crippen LogP contribution in [0.1, 0.15) is 283 Å². The van der Waals surface area contributed by atoms with E-state index in [4.69, 9.17) is 0 Å². The minimum atomic E-state index is -0.646. The molecule has 0 fully saturated rings. The van der Waals surface area contributed by atoms with E-state index in [1.54, 1.807) is 38.9 Å². The first-order valence-corrected chi connectivity index (χ1v) is 34.0. The highest BCUT2D eigenvalue weighted by atomic mass is 16.4. The van der Waals surface area contributed by atoms with Crippen molar-refractivity contribution in [3.63, 3.8) is 0 Å². The number of carboxylic acid groups (broad SMARTS) is 1. The van der Waals surface area contributed by atoms with Gasteiger partial charge in [-0.3, -0.25) is 4.79 Å². The van der Waals surface area contributed by atoms with E-state index in [0.29, 0.717) is 47.3 Å². The molecule has 8 rings (SSSR count). The summed E-state index contributed by atoms with van der Waals surface area (Å²) in [6.07, 6.45) is 38.5. The predicted molar refractivity (Wildman–Crippen MR) is 345 cm³/mol. The predicted octanol–water partition coefficient (Wildman–Crippen LogP) is 20.6. The van der Waals surface area contributed by atoms with Crippen molar-refractivity contribution in [1.82, 2.24) is 0 Å². The summed E-state index contributed by atoms with van der Waals surface area (Å²) in [5, 5.41) is 25.7. The molecule has 0 amide bonds. The van der Waals surface area contributed by atoms with Crippen molar-refractivity contribution < 1.29 is 9.90 Å². The van der Waals surface area contributed by atoms with Crippen molar-refractivity contribution in [2.75, 3.05) is 47.4 Å². The highest BCUT2D eigenvalue weighted by Gasteiger charge is 2.50. The van der Waals surface area contributed by atoms with Gasteiger partial charge in [0.05, 0.1) is 0 Å². The summed E-state index contributed by atoms with van der Waals surface area (Å²) in [7, 11) is 0. The standard InChI is InChI=1S/C74H112N4O2/c1-6-11-12-13-14-15-16-17-18-19-20-21-31-70(66-32-22-27-54-50-58(75-46-7-2)38-42-62(54)66)73(68-34-24-29-56-52-60(77-48-9-4)40-44-64(56)68)74(69-35-25-30-57-53-61(78-49-10-5)41-45-65(57)69)71(36-26-37-72(79)80)67-33-23-28-55-51-59(76-47-8-3)39-43-63(55)67/h38-45,50-53,66-71,73-78H,6-37,46-49H2,1-5H3,(H,79,80)/t66-,67-,68-,69-,70?,71?,73?,74?/m1/s1.